The third kappa shape index (κ3) is 4.31. The third-order valence-electron chi connectivity index (χ3n) is 5.80. The molecular weight excluding hydrogens is 366 g/mol. The highest BCUT2D eigenvalue weighted by Gasteiger charge is 2.32. The van der Waals surface area contributed by atoms with Crippen LogP contribution < -0.4 is 10.6 Å². The van der Waals surface area contributed by atoms with E-state index in [0.717, 1.165) is 51.3 Å². The molecule has 1 aromatic carbocycles. The lowest BCUT2D eigenvalue weighted by Crippen LogP contribution is -2.49. The fourth-order valence-corrected chi connectivity index (χ4v) is 4.14. The summed E-state index contributed by atoms with van der Waals surface area (Å²) in [5.74, 6) is -0.257. The largest absolute Gasteiger partial charge is 0.337 e. The Kier molecular flexibility index (Phi) is 5.87. The van der Waals surface area contributed by atoms with E-state index < -0.39 is 0 Å². The lowest BCUT2D eigenvalue weighted by molar-refractivity contribution is 0.0774. The molecule has 0 spiro atoms. The zero-order valence-electron chi connectivity index (χ0n) is 16.7. The Morgan fingerprint density at radius 2 is 1.86 bits per heavy atom. The van der Waals surface area contributed by atoms with Crippen LogP contribution in [-0.2, 0) is 0 Å². The first-order valence-electron chi connectivity index (χ1n) is 10.2. The first-order chi connectivity index (χ1) is 14.1. The van der Waals surface area contributed by atoms with Gasteiger partial charge < -0.3 is 15.5 Å². The number of likely N-dealkylation sites (tertiary alicyclic amines) is 1. The average molecular weight is 393 g/mol. The highest BCUT2D eigenvalue weighted by atomic mass is 16.2. The molecule has 0 aliphatic carbocycles. The van der Waals surface area contributed by atoms with Crippen LogP contribution in [0.15, 0.2) is 42.7 Å². The van der Waals surface area contributed by atoms with Gasteiger partial charge in [0.15, 0.2) is 0 Å². The van der Waals surface area contributed by atoms with Gasteiger partial charge in [-0.3, -0.25) is 19.5 Å². The number of hydrogen-bond acceptors (Lipinski definition) is 5. The topological polar surface area (TPSA) is 77.6 Å². The van der Waals surface area contributed by atoms with Gasteiger partial charge in [-0.2, -0.15) is 0 Å². The van der Waals surface area contributed by atoms with Gasteiger partial charge in [-0.25, -0.2) is 0 Å². The molecule has 1 atom stereocenters. The molecule has 2 aromatic rings. The normalized spacial score (nSPS) is 19.9. The van der Waals surface area contributed by atoms with Crippen LogP contribution in [0.3, 0.4) is 0 Å². The van der Waals surface area contributed by atoms with E-state index in [2.05, 4.69) is 20.5 Å². The Hall–Kier alpha value is -2.77. The molecule has 2 N–H and O–H groups in total. The number of nitrogens with zero attached hydrogens (tertiary/aromatic N) is 3. The maximum atomic E-state index is 13.3. The number of aryl methyl sites for hydroxylation is 1. The van der Waals surface area contributed by atoms with E-state index >= 15 is 0 Å². The van der Waals surface area contributed by atoms with Gasteiger partial charge in [-0.1, -0.05) is 12.1 Å². The maximum absolute atomic E-state index is 13.3. The number of nitrogens with one attached hydrogen (secondary N) is 2. The Bertz CT molecular complexity index is 880. The predicted molar refractivity (Wildman–Crippen MR) is 112 cm³/mol. The summed E-state index contributed by atoms with van der Waals surface area (Å²) in [5.41, 5.74) is 2.52. The highest BCUT2D eigenvalue weighted by molar-refractivity contribution is 6.09. The number of rotatable bonds is 4. The smallest absolute Gasteiger partial charge is 0.256 e. The van der Waals surface area contributed by atoms with E-state index in [-0.39, 0.29) is 11.8 Å². The van der Waals surface area contributed by atoms with Crippen LogP contribution in [0.4, 0.5) is 5.69 Å². The zero-order valence-corrected chi connectivity index (χ0v) is 16.7. The van der Waals surface area contributed by atoms with Crippen LogP contribution in [0.25, 0.3) is 0 Å². The van der Waals surface area contributed by atoms with E-state index in [4.69, 9.17) is 0 Å². The van der Waals surface area contributed by atoms with E-state index in [1.54, 1.807) is 30.6 Å². The molecule has 152 valence electrons. The summed E-state index contributed by atoms with van der Waals surface area (Å²) in [6, 6.07) is 9.32. The van der Waals surface area contributed by atoms with Crippen molar-refractivity contribution in [2.75, 3.05) is 44.6 Å². The van der Waals surface area contributed by atoms with Crippen LogP contribution in [0.5, 0.6) is 0 Å². The number of benzene rings is 1. The maximum Gasteiger partial charge on any atom is 0.256 e. The van der Waals surface area contributed by atoms with E-state index in [9.17, 15) is 9.59 Å². The lowest BCUT2D eigenvalue weighted by Gasteiger charge is -2.32. The Labute approximate surface area is 171 Å². The second kappa shape index (κ2) is 8.71. The van der Waals surface area contributed by atoms with Crippen molar-refractivity contribution >= 4 is 17.5 Å². The minimum absolute atomic E-state index is 0.0173. The van der Waals surface area contributed by atoms with Gasteiger partial charge in [-0.05, 0) is 37.1 Å². The highest BCUT2D eigenvalue weighted by Crippen LogP contribution is 2.26. The van der Waals surface area contributed by atoms with Crippen molar-refractivity contribution in [2.24, 2.45) is 0 Å². The van der Waals surface area contributed by atoms with Gasteiger partial charge in [0, 0.05) is 63.3 Å². The van der Waals surface area contributed by atoms with Crippen molar-refractivity contribution in [3.63, 3.8) is 0 Å². The summed E-state index contributed by atoms with van der Waals surface area (Å²) in [6.45, 7) is 7.48. The van der Waals surface area contributed by atoms with Gasteiger partial charge in [-0.15, -0.1) is 0 Å². The number of para-hydroxylation sites is 1. The molecule has 2 fully saturated rings. The van der Waals surface area contributed by atoms with E-state index in [1.165, 1.54) is 0 Å². The van der Waals surface area contributed by atoms with Gasteiger partial charge in [0.05, 0.1) is 11.3 Å². The molecule has 2 saturated heterocycles. The van der Waals surface area contributed by atoms with Gasteiger partial charge >= 0.3 is 0 Å². The van der Waals surface area contributed by atoms with Crippen molar-refractivity contribution in [3.05, 3.63) is 59.4 Å². The number of carbonyl (C=O) groups excluding carboxylic acids is 2. The lowest BCUT2D eigenvalue weighted by atomic mass is 10.1. The van der Waals surface area contributed by atoms with Crippen molar-refractivity contribution in [1.29, 1.82) is 0 Å². The molecule has 2 amide bonds. The van der Waals surface area contributed by atoms with Crippen LogP contribution in [0, 0.1) is 6.92 Å². The standard InChI is InChI=1S/C22H27N5O2/c1-16-3-2-4-19(20(16)25-21(28)17-5-8-23-9-6-17)22(29)27-12-7-18(15-27)26-13-10-24-11-14-26/h2-6,8-9,18,24H,7,10-15H2,1H3,(H,25,28). The number of pyridine rings is 1. The van der Waals surface area contributed by atoms with Crippen LogP contribution in [0.1, 0.15) is 32.7 Å². The average Bonchev–Trinajstić information content (AvgIpc) is 3.26. The minimum Gasteiger partial charge on any atom is -0.337 e. The molecule has 1 unspecified atom stereocenters. The number of carbonyl (C=O) groups is 2. The number of hydrogen-bond donors (Lipinski definition) is 2. The molecule has 1 aromatic heterocycles. The third-order valence-corrected chi connectivity index (χ3v) is 5.80. The van der Waals surface area contributed by atoms with Crippen LogP contribution in [-0.4, -0.2) is 71.9 Å². The van der Waals surface area contributed by atoms with Crippen molar-refractivity contribution < 1.29 is 9.59 Å². The molecule has 2 aliphatic heterocycles. The second-order valence-electron chi connectivity index (χ2n) is 7.67. The van der Waals surface area contributed by atoms with Gasteiger partial charge in [0.1, 0.15) is 0 Å². The first kappa shape index (κ1) is 19.5. The Morgan fingerprint density at radius 3 is 2.62 bits per heavy atom. The molecule has 0 radical (unpaired) electrons. The quantitative estimate of drug-likeness (QED) is 0.828. The van der Waals surface area contributed by atoms with Crippen molar-refractivity contribution in [1.82, 2.24) is 20.1 Å². The van der Waals surface area contributed by atoms with Crippen molar-refractivity contribution in [2.45, 2.75) is 19.4 Å². The molecule has 2 aliphatic rings. The van der Waals surface area contributed by atoms with Gasteiger partial charge in [0.25, 0.3) is 11.8 Å². The second-order valence-corrected chi connectivity index (χ2v) is 7.67. The van der Waals surface area contributed by atoms with E-state index in [1.807, 2.05) is 24.0 Å². The van der Waals surface area contributed by atoms with E-state index in [0.29, 0.717) is 22.9 Å². The molecular formula is C22H27N5O2. The number of piperazine rings is 1. The molecule has 29 heavy (non-hydrogen) atoms. The van der Waals surface area contributed by atoms with Crippen LogP contribution in [0.2, 0.25) is 0 Å². The number of anilines is 1. The molecule has 4 rings (SSSR count). The minimum atomic E-state index is -0.240. The monoisotopic (exact) mass is 393 g/mol. The summed E-state index contributed by atoms with van der Waals surface area (Å²) < 4.78 is 0. The Balaban J connectivity index is 1.50. The molecule has 7 heteroatoms. The molecule has 0 bridgehead atoms. The summed E-state index contributed by atoms with van der Waals surface area (Å²) in [5, 5.41) is 6.32. The molecule has 3 heterocycles. The van der Waals surface area contributed by atoms with Crippen molar-refractivity contribution in [3.8, 4) is 0 Å². The molecule has 7 nitrogen and oxygen atoms in total. The number of aromatic nitrogens is 1. The summed E-state index contributed by atoms with van der Waals surface area (Å²) in [6.07, 6.45) is 4.16. The SMILES string of the molecule is Cc1cccc(C(=O)N2CCC(N3CCNCC3)C2)c1NC(=O)c1ccncc1. The predicted octanol–water partition coefficient (Wildman–Crippen LogP) is 1.76. The van der Waals surface area contributed by atoms with Gasteiger partial charge in [0.2, 0.25) is 0 Å². The zero-order chi connectivity index (χ0) is 20.2. The first-order valence-corrected chi connectivity index (χ1v) is 10.2. The fraction of sp³-hybridized carbons (Fsp3) is 0.409. The van der Waals surface area contributed by atoms with Crippen LogP contribution >= 0.6 is 0 Å². The summed E-state index contributed by atoms with van der Waals surface area (Å²) in [4.78, 5) is 34.3. The fourth-order valence-electron chi connectivity index (χ4n) is 4.14. The summed E-state index contributed by atoms with van der Waals surface area (Å²) in [7, 11) is 0. The number of amides is 2. The molecule has 0 saturated carbocycles. The summed E-state index contributed by atoms with van der Waals surface area (Å²) >= 11 is 0. The Morgan fingerprint density at radius 1 is 1.10 bits per heavy atom.